The SMILES string of the molecule is C/C=C/C=C/C(=O)Oc1ccc2c3c1OC1C(OC(C)=O)CCC4(O)C(C2)N(CC2CCC2)CCC314. The molecule has 5 atom stereocenters. The van der Waals surface area contributed by atoms with E-state index in [1.54, 1.807) is 18.2 Å². The number of rotatable bonds is 6. The minimum absolute atomic E-state index is 0.00755. The van der Waals surface area contributed by atoms with Gasteiger partial charge in [0.05, 0.1) is 11.0 Å². The molecule has 7 nitrogen and oxygen atoms in total. The summed E-state index contributed by atoms with van der Waals surface area (Å²) >= 11 is 0. The fourth-order valence-electron chi connectivity index (χ4n) is 7.60. The molecule has 0 aromatic heterocycles. The summed E-state index contributed by atoms with van der Waals surface area (Å²) in [5, 5.41) is 12.6. The number of hydrogen-bond donors (Lipinski definition) is 1. The quantitative estimate of drug-likeness (QED) is 0.280. The van der Waals surface area contributed by atoms with E-state index in [-0.39, 0.29) is 12.0 Å². The second-order valence-corrected chi connectivity index (χ2v) is 11.1. The molecule has 2 heterocycles. The van der Waals surface area contributed by atoms with Gasteiger partial charge in [-0.3, -0.25) is 9.69 Å². The Bertz CT molecular complexity index is 1140. The molecule has 36 heavy (non-hydrogen) atoms. The Morgan fingerprint density at radius 2 is 2.06 bits per heavy atom. The summed E-state index contributed by atoms with van der Waals surface area (Å²) in [7, 11) is 0. The van der Waals surface area contributed by atoms with Crippen LogP contribution in [0.1, 0.15) is 63.5 Å². The van der Waals surface area contributed by atoms with Crippen LogP contribution in [0.3, 0.4) is 0 Å². The van der Waals surface area contributed by atoms with Crippen LogP contribution in [-0.2, 0) is 26.2 Å². The first-order valence-corrected chi connectivity index (χ1v) is 13.3. The van der Waals surface area contributed by atoms with Gasteiger partial charge in [0.1, 0.15) is 12.2 Å². The molecule has 6 rings (SSSR count). The average Bonchev–Trinajstić information content (AvgIpc) is 3.16. The smallest absolute Gasteiger partial charge is 0.336 e. The lowest BCUT2D eigenvalue weighted by Gasteiger charge is -2.64. The van der Waals surface area contributed by atoms with Crippen molar-refractivity contribution in [1.29, 1.82) is 0 Å². The number of likely N-dealkylation sites (tertiary alicyclic amines) is 1. The van der Waals surface area contributed by atoms with Crippen molar-refractivity contribution in [2.24, 2.45) is 5.92 Å². The number of carbonyl (C=O) groups is 2. The van der Waals surface area contributed by atoms with Crippen molar-refractivity contribution in [2.45, 2.75) is 88.1 Å². The van der Waals surface area contributed by atoms with Crippen LogP contribution in [-0.4, -0.2) is 58.9 Å². The molecule has 0 amide bonds. The van der Waals surface area contributed by atoms with E-state index < -0.39 is 29.2 Å². The third-order valence-corrected chi connectivity index (χ3v) is 9.28. The average molecular weight is 494 g/mol. The van der Waals surface area contributed by atoms with Crippen molar-refractivity contribution in [3.63, 3.8) is 0 Å². The van der Waals surface area contributed by atoms with Gasteiger partial charge in [0.25, 0.3) is 0 Å². The van der Waals surface area contributed by atoms with E-state index in [9.17, 15) is 14.7 Å². The van der Waals surface area contributed by atoms with Gasteiger partial charge in [-0.15, -0.1) is 0 Å². The molecular weight excluding hydrogens is 458 g/mol. The van der Waals surface area contributed by atoms with E-state index in [2.05, 4.69) is 4.90 Å². The highest BCUT2D eigenvalue weighted by Crippen LogP contribution is 2.66. The Labute approximate surface area is 212 Å². The number of benzene rings is 1. The molecule has 5 unspecified atom stereocenters. The molecule has 2 saturated carbocycles. The Balaban J connectivity index is 1.43. The molecule has 192 valence electrons. The van der Waals surface area contributed by atoms with Crippen LogP contribution >= 0.6 is 0 Å². The lowest BCUT2D eigenvalue weighted by atomic mass is 9.48. The summed E-state index contributed by atoms with van der Waals surface area (Å²) in [4.78, 5) is 27.0. The first-order chi connectivity index (χ1) is 17.4. The highest BCUT2D eigenvalue weighted by Gasteiger charge is 2.73. The predicted octanol–water partition coefficient (Wildman–Crippen LogP) is 3.61. The zero-order valence-corrected chi connectivity index (χ0v) is 21.1. The number of hydrogen-bond acceptors (Lipinski definition) is 7. The van der Waals surface area contributed by atoms with Crippen molar-refractivity contribution in [3.05, 3.63) is 47.6 Å². The summed E-state index contributed by atoms with van der Waals surface area (Å²) in [6.07, 6.45) is 12.0. The van der Waals surface area contributed by atoms with Crippen molar-refractivity contribution >= 4 is 11.9 Å². The van der Waals surface area contributed by atoms with Crippen LogP contribution in [0, 0.1) is 5.92 Å². The molecule has 3 aliphatic carbocycles. The van der Waals surface area contributed by atoms with E-state index in [1.807, 2.05) is 19.1 Å². The van der Waals surface area contributed by atoms with E-state index in [0.717, 1.165) is 30.6 Å². The van der Waals surface area contributed by atoms with Gasteiger partial charge in [-0.05, 0) is 69.5 Å². The van der Waals surface area contributed by atoms with Crippen molar-refractivity contribution in [3.8, 4) is 11.5 Å². The fraction of sp³-hybridized carbons (Fsp3) is 0.586. The van der Waals surface area contributed by atoms with Crippen molar-refractivity contribution in [1.82, 2.24) is 4.90 Å². The van der Waals surface area contributed by atoms with E-state index in [1.165, 1.54) is 32.3 Å². The van der Waals surface area contributed by atoms with Gasteiger partial charge >= 0.3 is 11.9 Å². The summed E-state index contributed by atoms with van der Waals surface area (Å²) in [5.41, 5.74) is 0.392. The van der Waals surface area contributed by atoms with Crippen LogP contribution in [0.2, 0.25) is 0 Å². The largest absolute Gasteiger partial charge is 0.481 e. The molecule has 2 aliphatic heterocycles. The van der Waals surface area contributed by atoms with Crippen molar-refractivity contribution in [2.75, 3.05) is 13.1 Å². The molecule has 7 heteroatoms. The predicted molar refractivity (Wildman–Crippen MR) is 133 cm³/mol. The van der Waals surface area contributed by atoms with Crippen LogP contribution in [0.4, 0.5) is 0 Å². The van der Waals surface area contributed by atoms with Gasteiger partial charge in [-0.1, -0.05) is 30.7 Å². The third kappa shape index (κ3) is 3.39. The van der Waals surface area contributed by atoms with Crippen LogP contribution < -0.4 is 9.47 Å². The maximum Gasteiger partial charge on any atom is 0.336 e. The molecular formula is C29H35NO6. The molecule has 5 aliphatic rings. The van der Waals surface area contributed by atoms with Crippen LogP contribution in [0.15, 0.2) is 36.4 Å². The second-order valence-electron chi connectivity index (χ2n) is 11.1. The van der Waals surface area contributed by atoms with Gasteiger partial charge in [-0.2, -0.15) is 0 Å². The number of nitrogens with zero attached hydrogens (tertiary/aromatic N) is 1. The van der Waals surface area contributed by atoms with Crippen LogP contribution in [0.5, 0.6) is 11.5 Å². The van der Waals surface area contributed by atoms with Gasteiger partial charge in [-0.25, -0.2) is 4.79 Å². The Morgan fingerprint density at radius 1 is 1.22 bits per heavy atom. The normalized spacial score (nSPS) is 34.8. The molecule has 0 radical (unpaired) electrons. The molecule has 1 aromatic carbocycles. The molecule has 1 N–H and O–H groups in total. The van der Waals surface area contributed by atoms with Gasteiger partial charge in [0, 0.05) is 31.1 Å². The van der Waals surface area contributed by atoms with Crippen LogP contribution in [0.25, 0.3) is 0 Å². The second kappa shape index (κ2) is 8.73. The third-order valence-electron chi connectivity index (χ3n) is 9.28. The van der Waals surface area contributed by atoms with E-state index in [0.29, 0.717) is 36.7 Å². The number of piperidine rings is 1. The van der Waals surface area contributed by atoms with Gasteiger partial charge < -0.3 is 19.3 Å². The molecule has 1 aromatic rings. The lowest BCUT2D eigenvalue weighted by molar-refractivity contribution is -0.216. The number of allylic oxidation sites excluding steroid dienone is 3. The summed E-state index contributed by atoms with van der Waals surface area (Å²) < 4.78 is 18.1. The molecule has 1 spiro atoms. The molecule has 1 saturated heterocycles. The maximum atomic E-state index is 12.6. The minimum atomic E-state index is -0.997. The molecule has 2 bridgehead atoms. The highest BCUT2D eigenvalue weighted by atomic mass is 16.6. The monoisotopic (exact) mass is 493 g/mol. The number of ether oxygens (including phenoxy) is 3. The standard InChI is InChI=1S/C29H35NO6/c1-3-4-5-9-24(32)35-21-11-10-20-16-23-29(33)13-12-22(34-18(2)31)27-28(29,25(20)26(21)36-27)14-15-30(23)17-19-7-6-8-19/h3-5,9-11,19,22-23,27,33H,6-8,12-17H2,1-2H3/b4-3+,9-5+. The maximum absolute atomic E-state index is 12.6. The van der Waals surface area contributed by atoms with E-state index >= 15 is 0 Å². The Morgan fingerprint density at radius 3 is 2.78 bits per heavy atom. The number of aliphatic hydroxyl groups is 1. The Kier molecular flexibility index (Phi) is 5.76. The number of esters is 2. The highest BCUT2D eigenvalue weighted by molar-refractivity contribution is 5.85. The zero-order chi connectivity index (χ0) is 25.1. The summed E-state index contributed by atoms with van der Waals surface area (Å²) in [6.45, 7) is 5.19. The summed E-state index contributed by atoms with van der Waals surface area (Å²) in [6, 6.07) is 3.83. The zero-order valence-electron chi connectivity index (χ0n) is 21.1. The Hall–Kier alpha value is -2.64. The summed E-state index contributed by atoms with van der Waals surface area (Å²) in [5.74, 6) is 0.749. The first-order valence-electron chi connectivity index (χ1n) is 13.3. The molecule has 3 fully saturated rings. The minimum Gasteiger partial charge on any atom is -0.481 e. The van der Waals surface area contributed by atoms with Gasteiger partial charge in [0.15, 0.2) is 11.5 Å². The first kappa shape index (κ1) is 23.7. The van der Waals surface area contributed by atoms with E-state index in [4.69, 9.17) is 14.2 Å². The van der Waals surface area contributed by atoms with Crippen molar-refractivity contribution < 1.29 is 28.9 Å². The topological polar surface area (TPSA) is 85.3 Å². The van der Waals surface area contributed by atoms with Gasteiger partial charge in [0.2, 0.25) is 0 Å². The fourth-order valence-corrected chi connectivity index (χ4v) is 7.60. The lowest BCUT2D eigenvalue weighted by Crippen LogP contribution is -2.77. The number of carbonyl (C=O) groups excluding carboxylic acids is 2.